The van der Waals surface area contributed by atoms with Gasteiger partial charge in [-0.05, 0) is 49.6 Å². The number of carbonyl (C=O) groups is 2. The summed E-state index contributed by atoms with van der Waals surface area (Å²) in [5, 5.41) is 6.83. The van der Waals surface area contributed by atoms with E-state index in [0.717, 1.165) is 41.0 Å². The third-order valence-electron chi connectivity index (χ3n) is 4.53. The number of hydrogen-bond donors (Lipinski definition) is 2. The van der Waals surface area contributed by atoms with Crippen molar-refractivity contribution >= 4 is 23.7 Å². The van der Waals surface area contributed by atoms with Crippen LogP contribution in [-0.4, -0.2) is 24.6 Å². The predicted molar refractivity (Wildman–Crippen MR) is 116 cm³/mol. The standard InChI is InChI=1S/C23H29N3O3/c1-4-5-15-29-21-12-7-6-10-19(21)16-24-26-23(28)14-13-22(27)25-20-11-8-9-17(2)18(20)3/h6-12,16H,4-5,13-15H2,1-3H3,(H,25,27)(H,26,28). The van der Waals surface area contributed by atoms with E-state index in [1.807, 2.05) is 56.3 Å². The number of carbonyl (C=O) groups excluding carboxylic acids is 2. The van der Waals surface area contributed by atoms with Gasteiger partial charge in [0, 0.05) is 24.1 Å². The molecule has 2 rings (SSSR count). The molecule has 0 aliphatic heterocycles. The maximum Gasteiger partial charge on any atom is 0.240 e. The zero-order valence-electron chi connectivity index (χ0n) is 17.3. The Balaban J connectivity index is 1.80. The maximum absolute atomic E-state index is 12.1. The van der Waals surface area contributed by atoms with Crippen LogP contribution in [0.1, 0.15) is 49.3 Å². The van der Waals surface area contributed by atoms with Crippen LogP contribution in [0.15, 0.2) is 47.6 Å². The molecule has 2 N–H and O–H groups in total. The maximum atomic E-state index is 12.1. The Morgan fingerprint density at radius 2 is 1.79 bits per heavy atom. The van der Waals surface area contributed by atoms with Crippen molar-refractivity contribution in [3.63, 3.8) is 0 Å². The van der Waals surface area contributed by atoms with Crippen LogP contribution in [0.5, 0.6) is 5.75 Å². The molecule has 2 aromatic rings. The predicted octanol–water partition coefficient (Wildman–Crippen LogP) is 4.35. The molecule has 2 aromatic carbocycles. The van der Waals surface area contributed by atoms with Crippen LogP contribution in [0.3, 0.4) is 0 Å². The number of amides is 2. The van der Waals surface area contributed by atoms with E-state index in [-0.39, 0.29) is 24.7 Å². The molecule has 154 valence electrons. The number of hydrogen-bond acceptors (Lipinski definition) is 4. The fourth-order valence-electron chi connectivity index (χ4n) is 2.60. The van der Waals surface area contributed by atoms with Crippen molar-refractivity contribution in [1.82, 2.24) is 5.43 Å². The van der Waals surface area contributed by atoms with Gasteiger partial charge in [-0.2, -0.15) is 5.10 Å². The van der Waals surface area contributed by atoms with E-state index < -0.39 is 0 Å². The molecule has 6 nitrogen and oxygen atoms in total. The largest absolute Gasteiger partial charge is 0.493 e. The molecule has 2 amide bonds. The molecule has 0 fully saturated rings. The molecule has 0 saturated carbocycles. The highest BCUT2D eigenvalue weighted by molar-refractivity contribution is 5.94. The number of nitrogens with zero attached hydrogens (tertiary/aromatic N) is 1. The second-order valence-corrected chi connectivity index (χ2v) is 6.83. The molecule has 0 spiro atoms. The average molecular weight is 396 g/mol. The minimum atomic E-state index is -0.318. The number of benzene rings is 2. The Hall–Kier alpha value is -3.15. The lowest BCUT2D eigenvalue weighted by molar-refractivity contribution is -0.124. The lowest BCUT2D eigenvalue weighted by Gasteiger charge is -2.10. The first-order valence-corrected chi connectivity index (χ1v) is 9.91. The number of aryl methyl sites for hydroxylation is 1. The van der Waals surface area contributed by atoms with Crippen LogP contribution in [0.4, 0.5) is 5.69 Å². The Morgan fingerprint density at radius 3 is 2.59 bits per heavy atom. The molecule has 0 bridgehead atoms. The van der Waals surface area contributed by atoms with Gasteiger partial charge >= 0.3 is 0 Å². The van der Waals surface area contributed by atoms with Gasteiger partial charge in [-0.3, -0.25) is 9.59 Å². The van der Waals surface area contributed by atoms with Crippen LogP contribution in [0.25, 0.3) is 0 Å². The minimum absolute atomic E-state index is 0.0582. The third kappa shape index (κ3) is 7.41. The number of para-hydroxylation sites is 1. The SMILES string of the molecule is CCCCOc1ccccc1C=NNC(=O)CCC(=O)Nc1cccc(C)c1C. The molecule has 0 atom stereocenters. The van der Waals surface area contributed by atoms with Crippen molar-refractivity contribution in [3.8, 4) is 5.75 Å². The quantitative estimate of drug-likeness (QED) is 0.356. The molecule has 0 aliphatic rings. The fourth-order valence-corrected chi connectivity index (χ4v) is 2.60. The van der Waals surface area contributed by atoms with Gasteiger partial charge in [0.05, 0.1) is 12.8 Å². The fraction of sp³-hybridized carbons (Fsp3) is 0.348. The van der Waals surface area contributed by atoms with Crippen molar-refractivity contribution < 1.29 is 14.3 Å². The van der Waals surface area contributed by atoms with Crippen LogP contribution >= 0.6 is 0 Å². The molecular formula is C23H29N3O3. The van der Waals surface area contributed by atoms with Crippen molar-refractivity contribution in [2.45, 2.75) is 46.5 Å². The summed E-state index contributed by atoms with van der Waals surface area (Å²) in [6.07, 6.45) is 3.74. The van der Waals surface area contributed by atoms with Crippen LogP contribution in [0.2, 0.25) is 0 Å². The third-order valence-corrected chi connectivity index (χ3v) is 4.53. The Bertz CT molecular complexity index is 862. The molecule has 0 aromatic heterocycles. The van der Waals surface area contributed by atoms with Crippen molar-refractivity contribution in [3.05, 3.63) is 59.2 Å². The first-order chi connectivity index (χ1) is 14.0. The highest BCUT2D eigenvalue weighted by atomic mass is 16.5. The van der Waals surface area contributed by atoms with Crippen molar-refractivity contribution in [2.24, 2.45) is 5.10 Å². The summed E-state index contributed by atoms with van der Waals surface area (Å²) < 4.78 is 5.73. The Labute approximate surface area is 172 Å². The molecular weight excluding hydrogens is 366 g/mol. The smallest absolute Gasteiger partial charge is 0.240 e. The van der Waals surface area contributed by atoms with Gasteiger partial charge in [0.15, 0.2) is 0 Å². The van der Waals surface area contributed by atoms with Crippen LogP contribution in [0, 0.1) is 13.8 Å². The van der Waals surface area contributed by atoms with Gasteiger partial charge in [0.25, 0.3) is 0 Å². The summed E-state index contributed by atoms with van der Waals surface area (Å²) in [5.41, 5.74) is 6.15. The van der Waals surface area contributed by atoms with Gasteiger partial charge in [-0.1, -0.05) is 37.6 Å². The lowest BCUT2D eigenvalue weighted by atomic mass is 10.1. The van der Waals surface area contributed by atoms with E-state index >= 15 is 0 Å². The number of anilines is 1. The van der Waals surface area contributed by atoms with Crippen molar-refractivity contribution in [1.29, 1.82) is 0 Å². The number of nitrogens with one attached hydrogen (secondary N) is 2. The van der Waals surface area contributed by atoms with Crippen molar-refractivity contribution in [2.75, 3.05) is 11.9 Å². The van der Waals surface area contributed by atoms with E-state index in [0.29, 0.717) is 6.61 Å². The molecule has 0 unspecified atom stereocenters. The van der Waals surface area contributed by atoms with E-state index in [1.54, 1.807) is 6.21 Å². The van der Waals surface area contributed by atoms with E-state index in [4.69, 9.17) is 4.74 Å². The summed E-state index contributed by atoms with van der Waals surface area (Å²) in [6.45, 7) is 6.69. The van der Waals surface area contributed by atoms with Gasteiger partial charge in [-0.15, -0.1) is 0 Å². The summed E-state index contributed by atoms with van der Waals surface area (Å²) in [4.78, 5) is 24.1. The normalized spacial score (nSPS) is 10.7. The van der Waals surface area contributed by atoms with Gasteiger partial charge in [0.1, 0.15) is 5.75 Å². The van der Waals surface area contributed by atoms with Gasteiger partial charge in [-0.25, -0.2) is 5.43 Å². The molecule has 0 aliphatic carbocycles. The average Bonchev–Trinajstić information content (AvgIpc) is 2.71. The van der Waals surface area contributed by atoms with Crippen LogP contribution in [-0.2, 0) is 9.59 Å². The lowest BCUT2D eigenvalue weighted by Crippen LogP contribution is -2.21. The summed E-state index contributed by atoms with van der Waals surface area (Å²) in [5.74, 6) is 0.209. The van der Waals surface area contributed by atoms with Crippen LogP contribution < -0.4 is 15.5 Å². The topological polar surface area (TPSA) is 79.8 Å². The second-order valence-electron chi connectivity index (χ2n) is 6.83. The molecule has 0 saturated heterocycles. The molecule has 0 radical (unpaired) electrons. The summed E-state index contributed by atoms with van der Waals surface area (Å²) >= 11 is 0. The highest BCUT2D eigenvalue weighted by Crippen LogP contribution is 2.18. The number of hydrazone groups is 1. The molecule has 29 heavy (non-hydrogen) atoms. The monoisotopic (exact) mass is 395 g/mol. The first-order valence-electron chi connectivity index (χ1n) is 9.91. The zero-order chi connectivity index (χ0) is 21.1. The van der Waals surface area contributed by atoms with Gasteiger partial charge in [0.2, 0.25) is 11.8 Å². The highest BCUT2D eigenvalue weighted by Gasteiger charge is 2.09. The summed E-state index contributed by atoms with van der Waals surface area (Å²) in [7, 11) is 0. The molecule has 6 heteroatoms. The first kappa shape index (κ1) is 22.1. The number of ether oxygens (including phenoxy) is 1. The summed E-state index contributed by atoms with van der Waals surface area (Å²) in [6, 6.07) is 13.3. The second kappa shape index (κ2) is 11.6. The Kier molecular flexibility index (Phi) is 8.89. The van der Waals surface area contributed by atoms with E-state index in [9.17, 15) is 9.59 Å². The number of rotatable bonds is 10. The van der Waals surface area contributed by atoms with E-state index in [1.165, 1.54) is 0 Å². The minimum Gasteiger partial charge on any atom is -0.493 e. The number of unbranched alkanes of at least 4 members (excludes halogenated alkanes) is 1. The van der Waals surface area contributed by atoms with Gasteiger partial charge < -0.3 is 10.1 Å². The molecule has 0 heterocycles. The Morgan fingerprint density at radius 1 is 1.03 bits per heavy atom. The zero-order valence-corrected chi connectivity index (χ0v) is 17.3. The van der Waals surface area contributed by atoms with E-state index in [2.05, 4.69) is 22.8 Å².